The lowest BCUT2D eigenvalue weighted by Gasteiger charge is -2.54. The Morgan fingerprint density at radius 2 is 1.17 bits per heavy atom. The minimum absolute atomic E-state index is 0.115. The quantitative estimate of drug-likeness (QED) is 0.278. The molecule has 4 aliphatic carbocycles. The fourth-order valence-corrected chi connectivity index (χ4v) is 10.7. The highest BCUT2D eigenvalue weighted by Crippen LogP contribution is 2.60. The van der Waals surface area contributed by atoms with Gasteiger partial charge in [0.1, 0.15) is 0 Å². The van der Waals surface area contributed by atoms with Crippen LogP contribution in [0.4, 0.5) is 0 Å². The summed E-state index contributed by atoms with van der Waals surface area (Å²) in [7, 11) is -1.30. The van der Waals surface area contributed by atoms with Gasteiger partial charge in [0.25, 0.3) is 0 Å². The van der Waals surface area contributed by atoms with Crippen molar-refractivity contribution in [1.82, 2.24) is 0 Å². The number of rotatable bonds is 3. The van der Waals surface area contributed by atoms with Gasteiger partial charge in [0.05, 0.1) is 8.07 Å². The van der Waals surface area contributed by atoms with Gasteiger partial charge in [-0.3, -0.25) is 0 Å². The van der Waals surface area contributed by atoms with Crippen molar-refractivity contribution < 1.29 is 0 Å². The molecule has 0 aliphatic heterocycles. The van der Waals surface area contributed by atoms with Crippen LogP contribution in [0.2, 0.25) is 19.6 Å². The maximum absolute atomic E-state index is 2.67. The number of hydrogen-bond acceptors (Lipinski definition) is 0. The monoisotopic (exact) mass is 564 g/mol. The van der Waals surface area contributed by atoms with Crippen molar-refractivity contribution in [2.75, 3.05) is 0 Å². The maximum Gasteiger partial charge on any atom is 0.0771 e. The predicted octanol–water partition coefficient (Wildman–Crippen LogP) is 11.3. The minimum atomic E-state index is -1.30. The van der Waals surface area contributed by atoms with Crippen LogP contribution in [0, 0.1) is 11.3 Å². The Morgan fingerprint density at radius 3 is 1.68 bits per heavy atom. The number of hydrogen-bond donors (Lipinski definition) is 0. The van der Waals surface area contributed by atoms with E-state index in [2.05, 4.69) is 125 Å². The molecule has 0 heterocycles. The molecule has 1 unspecified atom stereocenters. The van der Waals surface area contributed by atoms with Crippen LogP contribution in [0.5, 0.6) is 0 Å². The Hall–Kier alpha value is -1.86. The lowest BCUT2D eigenvalue weighted by molar-refractivity contribution is 0.105. The van der Waals surface area contributed by atoms with Gasteiger partial charge in [-0.15, -0.1) is 0 Å². The van der Waals surface area contributed by atoms with Gasteiger partial charge in [0.15, 0.2) is 0 Å². The Balaban J connectivity index is 1.45. The van der Waals surface area contributed by atoms with E-state index in [9.17, 15) is 0 Å². The predicted molar refractivity (Wildman–Crippen MR) is 182 cm³/mol. The van der Waals surface area contributed by atoms with Crippen LogP contribution in [0.25, 0.3) is 11.1 Å². The second-order valence-electron chi connectivity index (χ2n) is 18.4. The summed E-state index contributed by atoms with van der Waals surface area (Å²) in [4.78, 5) is 0. The van der Waals surface area contributed by atoms with Crippen LogP contribution >= 0.6 is 0 Å². The highest BCUT2D eigenvalue weighted by Gasteiger charge is 2.52. The molecule has 0 nitrogen and oxygen atoms in total. The Labute approximate surface area is 253 Å². The van der Waals surface area contributed by atoms with Crippen LogP contribution in [-0.2, 0) is 28.1 Å². The standard InChI is InChI=1S/C40H56Si/c1-36(2)16-17-37(3,4)32-22-29-25(19-31(32)36)18-26-20-34-33(23-30(26)29)38(5,6)24-35(40(34,9)10)39(7,8)27-14-15-28(21-27)41(11,12)13/h15,19-23,35H,14,16-18,24H2,1-13H3. The van der Waals surface area contributed by atoms with Crippen molar-refractivity contribution >= 4 is 8.07 Å². The van der Waals surface area contributed by atoms with E-state index >= 15 is 0 Å². The van der Waals surface area contributed by atoms with Crippen LogP contribution < -0.4 is 0 Å². The first-order chi connectivity index (χ1) is 18.7. The van der Waals surface area contributed by atoms with Crippen molar-refractivity contribution in [3.8, 4) is 11.1 Å². The summed E-state index contributed by atoms with van der Waals surface area (Å²) in [6.07, 6.45) is 11.2. The van der Waals surface area contributed by atoms with Gasteiger partial charge in [0, 0.05) is 0 Å². The van der Waals surface area contributed by atoms with Gasteiger partial charge in [-0.25, -0.2) is 0 Å². The van der Waals surface area contributed by atoms with E-state index in [1.807, 2.05) is 0 Å². The molecule has 0 saturated heterocycles. The van der Waals surface area contributed by atoms with Crippen LogP contribution in [0.1, 0.15) is 128 Å². The maximum atomic E-state index is 2.67. The van der Waals surface area contributed by atoms with Gasteiger partial charge in [0.2, 0.25) is 0 Å². The molecule has 1 heteroatoms. The lowest BCUT2D eigenvalue weighted by atomic mass is 9.50. The molecule has 0 radical (unpaired) electrons. The molecular weight excluding hydrogens is 509 g/mol. The minimum Gasteiger partial charge on any atom is -0.0812 e. The molecule has 0 aromatic heterocycles. The first-order valence-electron chi connectivity index (χ1n) is 16.4. The van der Waals surface area contributed by atoms with Gasteiger partial charge in [-0.2, -0.15) is 0 Å². The van der Waals surface area contributed by atoms with Gasteiger partial charge < -0.3 is 0 Å². The van der Waals surface area contributed by atoms with Crippen molar-refractivity contribution in [1.29, 1.82) is 0 Å². The molecule has 220 valence electrons. The van der Waals surface area contributed by atoms with E-state index < -0.39 is 8.07 Å². The first-order valence-corrected chi connectivity index (χ1v) is 19.9. The largest absolute Gasteiger partial charge is 0.0812 e. The summed E-state index contributed by atoms with van der Waals surface area (Å²) >= 11 is 0. The van der Waals surface area contributed by atoms with E-state index in [-0.39, 0.29) is 27.1 Å². The van der Waals surface area contributed by atoms with Gasteiger partial charge >= 0.3 is 0 Å². The van der Waals surface area contributed by atoms with Crippen LogP contribution in [0.3, 0.4) is 0 Å². The topological polar surface area (TPSA) is 0 Å². The van der Waals surface area contributed by atoms with Gasteiger partial charge in [-0.1, -0.05) is 136 Å². The molecule has 2 aromatic rings. The molecule has 0 spiro atoms. The van der Waals surface area contributed by atoms with Crippen molar-refractivity contribution in [3.05, 3.63) is 80.6 Å². The zero-order valence-electron chi connectivity index (χ0n) is 28.6. The smallest absolute Gasteiger partial charge is 0.0771 e. The highest BCUT2D eigenvalue weighted by molar-refractivity contribution is 6.83. The van der Waals surface area contributed by atoms with Crippen LogP contribution in [0.15, 0.2) is 47.2 Å². The van der Waals surface area contributed by atoms with E-state index in [1.54, 1.807) is 44.2 Å². The number of allylic oxidation sites excluding steroid dienone is 4. The third-order valence-corrected chi connectivity index (χ3v) is 14.5. The normalized spacial score (nSPS) is 25.0. The average molecular weight is 565 g/mol. The third kappa shape index (κ3) is 4.34. The Morgan fingerprint density at radius 1 is 0.683 bits per heavy atom. The SMILES string of the molecule is CC1(C)CCC(C)(C)c2cc3c(cc21)Cc1cc2c(cc1-3)C(C)(C)CC(C(C)(C)C1=CC([Si](C)(C)C)=CC1)C2(C)C. The molecule has 0 saturated carbocycles. The van der Waals surface area contributed by atoms with Crippen molar-refractivity contribution in [2.24, 2.45) is 11.3 Å². The first kappa shape index (κ1) is 29.2. The molecular formula is C40H56Si. The second kappa shape index (κ2) is 8.61. The summed E-state index contributed by atoms with van der Waals surface area (Å²) in [5, 5.41) is 1.65. The second-order valence-corrected chi connectivity index (χ2v) is 23.5. The molecule has 41 heavy (non-hydrogen) atoms. The summed E-state index contributed by atoms with van der Waals surface area (Å²) in [5.74, 6) is 0.592. The lowest BCUT2D eigenvalue weighted by Crippen LogP contribution is -2.48. The average Bonchev–Trinajstić information content (AvgIpc) is 3.49. The fraction of sp³-hybridized carbons (Fsp3) is 0.600. The summed E-state index contributed by atoms with van der Waals surface area (Å²) in [6.45, 7) is 32.6. The molecule has 2 aromatic carbocycles. The zero-order valence-corrected chi connectivity index (χ0v) is 29.6. The fourth-order valence-electron chi connectivity index (χ4n) is 9.34. The molecule has 1 atom stereocenters. The highest BCUT2D eigenvalue weighted by atomic mass is 28.3. The van der Waals surface area contributed by atoms with E-state index in [0.717, 1.165) is 12.8 Å². The van der Waals surface area contributed by atoms with Crippen molar-refractivity contribution in [3.63, 3.8) is 0 Å². The van der Waals surface area contributed by atoms with E-state index in [0.29, 0.717) is 5.92 Å². The van der Waals surface area contributed by atoms with Crippen LogP contribution in [-0.4, -0.2) is 8.07 Å². The Kier molecular flexibility index (Phi) is 6.14. The van der Waals surface area contributed by atoms with E-state index in [1.165, 1.54) is 30.4 Å². The molecule has 0 fully saturated rings. The van der Waals surface area contributed by atoms with Crippen molar-refractivity contribution in [2.45, 2.75) is 143 Å². The summed E-state index contributed by atoms with van der Waals surface area (Å²) in [6, 6.07) is 10.5. The molecule has 0 bridgehead atoms. The Bertz CT molecular complexity index is 1510. The molecule has 0 N–H and O–H groups in total. The molecule has 4 aliphatic rings. The molecule has 0 amide bonds. The molecule has 6 rings (SSSR count). The van der Waals surface area contributed by atoms with Gasteiger partial charge in [-0.05, 0) is 110 Å². The summed E-state index contributed by atoms with van der Waals surface area (Å²) in [5.41, 5.74) is 15.1. The third-order valence-electron chi connectivity index (χ3n) is 12.4. The number of benzene rings is 2. The summed E-state index contributed by atoms with van der Waals surface area (Å²) < 4.78 is 0. The van der Waals surface area contributed by atoms with E-state index in [4.69, 9.17) is 0 Å². The zero-order chi connectivity index (χ0) is 30.1. The number of fused-ring (bicyclic) bond motifs is 5.